The maximum absolute atomic E-state index is 13.6. The summed E-state index contributed by atoms with van der Waals surface area (Å²) in [6, 6.07) is 7.28. The van der Waals surface area contributed by atoms with Gasteiger partial charge in [-0.15, -0.1) is 11.3 Å². The molecule has 3 N–H and O–H groups in total. The number of carbonyl (C=O) groups excluding carboxylic acids is 2. The van der Waals surface area contributed by atoms with Crippen LogP contribution >= 0.6 is 11.3 Å². The fraction of sp³-hybridized carbons (Fsp3) is 0.250. The van der Waals surface area contributed by atoms with Crippen LogP contribution in [0.15, 0.2) is 35.7 Å². The van der Waals surface area contributed by atoms with Crippen LogP contribution in [0.2, 0.25) is 0 Å². The molecule has 122 valence electrons. The molecule has 2 rings (SSSR count). The molecule has 0 bridgehead atoms. The number of benzene rings is 1. The summed E-state index contributed by atoms with van der Waals surface area (Å²) in [5.41, 5.74) is -1.06. The Balaban J connectivity index is 2.07. The molecular formula is C16H17FN2O3S. The van der Waals surface area contributed by atoms with Crippen LogP contribution < -0.4 is 10.6 Å². The van der Waals surface area contributed by atoms with Gasteiger partial charge in [0.05, 0.1) is 12.2 Å². The molecule has 0 fully saturated rings. The Kier molecular flexibility index (Phi) is 5.12. The van der Waals surface area contributed by atoms with E-state index in [-0.39, 0.29) is 17.8 Å². The topological polar surface area (TPSA) is 78.4 Å². The summed E-state index contributed by atoms with van der Waals surface area (Å²) < 4.78 is 13.6. The molecule has 0 radical (unpaired) electrons. The lowest BCUT2D eigenvalue weighted by molar-refractivity contribution is -0.114. The predicted molar refractivity (Wildman–Crippen MR) is 86.9 cm³/mol. The largest absolute Gasteiger partial charge is 0.383 e. The molecule has 0 saturated heterocycles. The first-order valence-electron chi connectivity index (χ1n) is 6.91. The minimum atomic E-state index is -1.19. The molecule has 1 heterocycles. The quantitative estimate of drug-likeness (QED) is 0.785. The second-order valence-electron chi connectivity index (χ2n) is 5.31. The van der Waals surface area contributed by atoms with Crippen molar-refractivity contribution in [1.29, 1.82) is 0 Å². The van der Waals surface area contributed by atoms with Gasteiger partial charge >= 0.3 is 0 Å². The van der Waals surface area contributed by atoms with Crippen LogP contribution in [-0.4, -0.2) is 23.5 Å². The van der Waals surface area contributed by atoms with E-state index >= 15 is 0 Å². The lowest BCUT2D eigenvalue weighted by atomic mass is 10.0. The first kappa shape index (κ1) is 17.1. The molecule has 1 aromatic carbocycles. The lowest BCUT2D eigenvalue weighted by Gasteiger charge is -2.22. The Labute approximate surface area is 137 Å². The van der Waals surface area contributed by atoms with E-state index in [1.807, 2.05) is 11.4 Å². The number of hydrogen-bond donors (Lipinski definition) is 3. The second kappa shape index (κ2) is 6.89. The smallest absolute Gasteiger partial charge is 0.251 e. The number of rotatable bonds is 5. The highest BCUT2D eigenvalue weighted by Gasteiger charge is 2.25. The van der Waals surface area contributed by atoms with Crippen LogP contribution in [0.1, 0.15) is 29.1 Å². The maximum atomic E-state index is 13.6. The van der Waals surface area contributed by atoms with E-state index in [1.54, 1.807) is 13.0 Å². The van der Waals surface area contributed by atoms with Crippen molar-refractivity contribution in [3.8, 4) is 0 Å². The molecule has 0 saturated carbocycles. The number of hydrogen-bond acceptors (Lipinski definition) is 4. The molecule has 23 heavy (non-hydrogen) atoms. The number of amides is 2. The van der Waals surface area contributed by atoms with Gasteiger partial charge in [-0.2, -0.15) is 0 Å². The molecular weight excluding hydrogens is 319 g/mol. The Morgan fingerprint density at radius 1 is 1.35 bits per heavy atom. The molecule has 1 atom stereocenters. The number of nitrogens with one attached hydrogen (secondary N) is 2. The van der Waals surface area contributed by atoms with E-state index in [4.69, 9.17) is 0 Å². The molecule has 1 unspecified atom stereocenters. The van der Waals surface area contributed by atoms with Crippen LogP contribution in [0.25, 0.3) is 0 Å². The highest BCUT2D eigenvalue weighted by atomic mass is 32.1. The number of anilines is 1. The third-order valence-corrected chi connectivity index (χ3v) is 4.31. The van der Waals surface area contributed by atoms with Crippen molar-refractivity contribution in [2.45, 2.75) is 19.4 Å². The lowest BCUT2D eigenvalue weighted by Crippen LogP contribution is -2.38. The normalized spacial score (nSPS) is 13.2. The van der Waals surface area contributed by atoms with Gasteiger partial charge in [-0.3, -0.25) is 9.59 Å². The average molecular weight is 336 g/mol. The van der Waals surface area contributed by atoms with Gasteiger partial charge in [0.15, 0.2) is 0 Å². The number of thiophene rings is 1. The Hall–Kier alpha value is -2.25. The number of aliphatic hydroxyl groups is 1. The van der Waals surface area contributed by atoms with Crippen LogP contribution in [0.4, 0.5) is 10.1 Å². The SMILES string of the molecule is CC(=O)Nc1cc(C(=O)NCC(C)(O)c2cccs2)ccc1F. The zero-order valence-electron chi connectivity index (χ0n) is 12.7. The predicted octanol–water partition coefficient (Wildman–Crippen LogP) is 2.48. The Bertz CT molecular complexity index is 714. The highest BCUT2D eigenvalue weighted by molar-refractivity contribution is 7.10. The molecule has 0 aliphatic rings. The van der Waals surface area contributed by atoms with Crippen molar-refractivity contribution < 1.29 is 19.1 Å². The van der Waals surface area contributed by atoms with Crippen molar-refractivity contribution >= 4 is 28.8 Å². The van der Waals surface area contributed by atoms with Gasteiger partial charge in [0.1, 0.15) is 11.4 Å². The highest BCUT2D eigenvalue weighted by Crippen LogP contribution is 2.24. The number of carbonyl (C=O) groups is 2. The van der Waals surface area contributed by atoms with Gasteiger partial charge in [-0.05, 0) is 36.6 Å². The maximum Gasteiger partial charge on any atom is 0.251 e. The fourth-order valence-electron chi connectivity index (χ4n) is 1.98. The standard InChI is InChI=1S/C16H17FN2O3S/c1-10(20)19-13-8-11(5-6-12(13)17)15(21)18-9-16(2,22)14-4-3-7-23-14/h3-8,22H,9H2,1-2H3,(H,18,21)(H,19,20). The van der Waals surface area contributed by atoms with Gasteiger partial charge in [0.2, 0.25) is 5.91 Å². The molecule has 0 spiro atoms. The van der Waals surface area contributed by atoms with Crippen molar-refractivity contribution in [1.82, 2.24) is 5.32 Å². The van der Waals surface area contributed by atoms with Crippen LogP contribution in [0.5, 0.6) is 0 Å². The van der Waals surface area contributed by atoms with Crippen molar-refractivity contribution in [2.24, 2.45) is 0 Å². The summed E-state index contributed by atoms with van der Waals surface area (Å²) in [7, 11) is 0. The third kappa shape index (κ3) is 4.37. The van der Waals surface area contributed by atoms with Crippen LogP contribution in [-0.2, 0) is 10.4 Å². The summed E-state index contributed by atoms with van der Waals surface area (Å²) in [5, 5.41) is 17.1. The van der Waals surface area contributed by atoms with Crippen molar-refractivity contribution in [3.05, 3.63) is 52.0 Å². The third-order valence-electron chi connectivity index (χ3n) is 3.18. The Morgan fingerprint density at radius 2 is 2.09 bits per heavy atom. The monoisotopic (exact) mass is 336 g/mol. The van der Waals surface area contributed by atoms with Gasteiger partial charge in [-0.1, -0.05) is 6.07 Å². The van der Waals surface area contributed by atoms with E-state index < -0.39 is 23.2 Å². The molecule has 7 heteroatoms. The van der Waals surface area contributed by atoms with E-state index in [9.17, 15) is 19.1 Å². The summed E-state index contributed by atoms with van der Waals surface area (Å²) >= 11 is 1.39. The summed E-state index contributed by atoms with van der Waals surface area (Å²) in [5.74, 6) is -1.52. The number of halogens is 1. The summed E-state index contributed by atoms with van der Waals surface area (Å²) in [6.45, 7) is 2.87. The van der Waals surface area contributed by atoms with E-state index in [2.05, 4.69) is 10.6 Å². The van der Waals surface area contributed by atoms with E-state index in [0.29, 0.717) is 0 Å². The van der Waals surface area contributed by atoms with Crippen LogP contribution in [0.3, 0.4) is 0 Å². The van der Waals surface area contributed by atoms with Gasteiger partial charge in [0, 0.05) is 17.4 Å². The van der Waals surface area contributed by atoms with E-state index in [1.165, 1.54) is 30.4 Å². The summed E-state index contributed by atoms with van der Waals surface area (Å²) in [6.07, 6.45) is 0. The fourth-order valence-corrected chi connectivity index (χ4v) is 2.77. The first-order valence-corrected chi connectivity index (χ1v) is 7.79. The molecule has 1 aromatic heterocycles. The molecule has 0 aliphatic carbocycles. The van der Waals surface area contributed by atoms with Crippen molar-refractivity contribution in [3.63, 3.8) is 0 Å². The van der Waals surface area contributed by atoms with Crippen LogP contribution in [0, 0.1) is 5.82 Å². The minimum absolute atomic E-state index is 0.0131. The molecule has 5 nitrogen and oxygen atoms in total. The van der Waals surface area contributed by atoms with Gasteiger partial charge in [-0.25, -0.2) is 4.39 Å². The van der Waals surface area contributed by atoms with E-state index in [0.717, 1.165) is 10.9 Å². The average Bonchev–Trinajstić information content (AvgIpc) is 3.02. The molecule has 0 aliphatic heterocycles. The summed E-state index contributed by atoms with van der Waals surface area (Å²) in [4.78, 5) is 23.9. The first-order chi connectivity index (χ1) is 10.8. The molecule has 2 amide bonds. The zero-order chi connectivity index (χ0) is 17.0. The molecule has 2 aromatic rings. The van der Waals surface area contributed by atoms with Gasteiger partial charge in [0.25, 0.3) is 5.91 Å². The van der Waals surface area contributed by atoms with Crippen molar-refractivity contribution in [2.75, 3.05) is 11.9 Å². The Morgan fingerprint density at radius 3 is 2.70 bits per heavy atom. The zero-order valence-corrected chi connectivity index (χ0v) is 13.5. The minimum Gasteiger partial charge on any atom is -0.383 e. The van der Waals surface area contributed by atoms with Gasteiger partial charge < -0.3 is 15.7 Å². The second-order valence-corrected chi connectivity index (χ2v) is 6.26.